The topological polar surface area (TPSA) is 78.3 Å². The van der Waals surface area contributed by atoms with Gasteiger partial charge in [0.2, 0.25) is 11.8 Å². The highest BCUT2D eigenvalue weighted by atomic mass is 16.3. The molecule has 1 aromatic carbocycles. The largest absolute Gasteiger partial charge is 0.467 e. The molecule has 0 spiro atoms. The molecule has 2 heterocycles. The van der Waals surface area contributed by atoms with Gasteiger partial charge in [0.05, 0.1) is 19.4 Å². The molecule has 25 heavy (non-hydrogen) atoms. The number of carbonyl (C=O) groups is 2. The van der Waals surface area contributed by atoms with Gasteiger partial charge in [-0.2, -0.15) is 0 Å². The van der Waals surface area contributed by atoms with Crippen molar-refractivity contribution >= 4 is 22.7 Å². The van der Waals surface area contributed by atoms with Crippen molar-refractivity contribution in [3.05, 3.63) is 60.2 Å². The number of nitrogens with zero attached hydrogens (tertiary/aromatic N) is 1. The van der Waals surface area contributed by atoms with Crippen molar-refractivity contribution in [2.45, 2.75) is 19.9 Å². The van der Waals surface area contributed by atoms with Crippen LogP contribution in [0.5, 0.6) is 0 Å². The number of nitrogens with one attached hydrogen (secondary N) is 2. The summed E-state index contributed by atoms with van der Waals surface area (Å²) in [5.41, 5.74) is 2.25. The highest BCUT2D eigenvalue weighted by Crippen LogP contribution is 2.17. The van der Waals surface area contributed by atoms with Crippen LogP contribution in [0.15, 0.2) is 53.3 Å². The summed E-state index contributed by atoms with van der Waals surface area (Å²) < 4.78 is 5.24. The molecule has 0 aliphatic carbocycles. The zero-order valence-electron chi connectivity index (χ0n) is 14.1. The zero-order chi connectivity index (χ0) is 17.6. The van der Waals surface area contributed by atoms with Crippen molar-refractivity contribution in [1.29, 1.82) is 0 Å². The fraction of sp³-hybridized carbons (Fsp3) is 0.263. The van der Waals surface area contributed by atoms with Crippen LogP contribution in [0.2, 0.25) is 0 Å². The van der Waals surface area contributed by atoms with E-state index in [0.29, 0.717) is 12.3 Å². The number of fused-ring (bicyclic) bond motifs is 1. The standard InChI is InChI=1S/C19H21N3O3/c1-14(23)22(12-16-5-4-10-25-16)13-19(24)20-9-8-15-11-21-18-7-3-2-6-17(15)18/h2-7,10-11,21H,8-9,12-13H2,1H3,(H,20,24). The van der Waals surface area contributed by atoms with Crippen LogP contribution < -0.4 is 5.32 Å². The van der Waals surface area contributed by atoms with Crippen LogP contribution in [-0.4, -0.2) is 34.8 Å². The number of aromatic amines is 1. The molecule has 6 nitrogen and oxygen atoms in total. The minimum atomic E-state index is -0.179. The number of hydrogen-bond donors (Lipinski definition) is 2. The summed E-state index contributed by atoms with van der Waals surface area (Å²) in [5.74, 6) is 0.312. The van der Waals surface area contributed by atoms with Crippen LogP contribution in [0.4, 0.5) is 0 Å². The van der Waals surface area contributed by atoms with E-state index < -0.39 is 0 Å². The Kier molecular flexibility index (Phi) is 5.18. The van der Waals surface area contributed by atoms with Gasteiger partial charge >= 0.3 is 0 Å². The van der Waals surface area contributed by atoms with E-state index in [9.17, 15) is 9.59 Å². The lowest BCUT2D eigenvalue weighted by molar-refractivity contribution is -0.135. The summed E-state index contributed by atoms with van der Waals surface area (Å²) >= 11 is 0. The second-order valence-electron chi connectivity index (χ2n) is 5.91. The molecule has 0 atom stereocenters. The average Bonchev–Trinajstić information content (AvgIpc) is 3.24. The fourth-order valence-corrected chi connectivity index (χ4v) is 2.77. The second kappa shape index (κ2) is 7.70. The Hall–Kier alpha value is -3.02. The first-order valence-electron chi connectivity index (χ1n) is 8.23. The van der Waals surface area contributed by atoms with Gasteiger partial charge in [-0.15, -0.1) is 0 Å². The van der Waals surface area contributed by atoms with Crippen LogP contribution in [0.25, 0.3) is 10.9 Å². The normalized spacial score (nSPS) is 10.8. The third-order valence-electron chi connectivity index (χ3n) is 4.10. The summed E-state index contributed by atoms with van der Waals surface area (Å²) in [6.07, 6.45) is 4.25. The number of furan rings is 1. The third kappa shape index (κ3) is 4.29. The van der Waals surface area contributed by atoms with Crippen molar-refractivity contribution < 1.29 is 14.0 Å². The minimum Gasteiger partial charge on any atom is -0.467 e. The molecule has 3 rings (SSSR count). The molecule has 0 bridgehead atoms. The van der Waals surface area contributed by atoms with Gasteiger partial charge in [0, 0.05) is 30.6 Å². The van der Waals surface area contributed by atoms with Gasteiger partial charge in [0.1, 0.15) is 5.76 Å². The lowest BCUT2D eigenvalue weighted by atomic mass is 10.1. The summed E-state index contributed by atoms with van der Waals surface area (Å²) in [7, 11) is 0. The van der Waals surface area contributed by atoms with Crippen LogP contribution in [0, 0.1) is 0 Å². The van der Waals surface area contributed by atoms with Gasteiger partial charge in [-0.3, -0.25) is 9.59 Å². The van der Waals surface area contributed by atoms with Gasteiger partial charge in [0.25, 0.3) is 0 Å². The van der Waals surface area contributed by atoms with E-state index in [1.165, 1.54) is 17.2 Å². The number of carbonyl (C=O) groups excluding carboxylic acids is 2. The second-order valence-corrected chi connectivity index (χ2v) is 5.91. The van der Waals surface area contributed by atoms with E-state index in [0.717, 1.165) is 17.5 Å². The molecular weight excluding hydrogens is 318 g/mol. The minimum absolute atomic E-state index is 0.0178. The number of aromatic nitrogens is 1. The van der Waals surface area contributed by atoms with E-state index in [2.05, 4.69) is 16.4 Å². The maximum atomic E-state index is 12.1. The van der Waals surface area contributed by atoms with E-state index in [1.54, 1.807) is 18.4 Å². The predicted octanol–water partition coefficient (Wildman–Crippen LogP) is 2.47. The lowest BCUT2D eigenvalue weighted by Crippen LogP contribution is -2.39. The summed E-state index contributed by atoms with van der Waals surface area (Å²) in [6, 6.07) is 11.6. The number of H-pyrrole nitrogens is 1. The SMILES string of the molecule is CC(=O)N(CC(=O)NCCc1c[nH]c2ccccc12)Cc1ccco1. The Morgan fingerprint density at radius 2 is 2.04 bits per heavy atom. The Morgan fingerprint density at radius 3 is 2.80 bits per heavy atom. The third-order valence-corrected chi connectivity index (χ3v) is 4.10. The molecule has 0 aliphatic rings. The van der Waals surface area contributed by atoms with E-state index in [-0.39, 0.29) is 24.9 Å². The molecule has 0 unspecified atom stereocenters. The molecule has 0 saturated carbocycles. The van der Waals surface area contributed by atoms with Gasteiger partial charge in [-0.05, 0) is 30.2 Å². The van der Waals surface area contributed by atoms with Crippen molar-refractivity contribution in [1.82, 2.24) is 15.2 Å². The quantitative estimate of drug-likeness (QED) is 0.694. The van der Waals surface area contributed by atoms with Crippen LogP contribution in [0.3, 0.4) is 0 Å². The number of para-hydroxylation sites is 1. The first-order valence-corrected chi connectivity index (χ1v) is 8.23. The monoisotopic (exact) mass is 339 g/mol. The Bertz CT molecular complexity index is 852. The molecule has 6 heteroatoms. The summed E-state index contributed by atoms with van der Waals surface area (Å²) in [4.78, 5) is 28.5. The molecule has 0 saturated heterocycles. The number of rotatable bonds is 7. The maximum absolute atomic E-state index is 12.1. The van der Waals surface area contributed by atoms with Crippen molar-refractivity contribution in [3.8, 4) is 0 Å². The predicted molar refractivity (Wildman–Crippen MR) is 94.8 cm³/mol. The summed E-state index contributed by atoms with van der Waals surface area (Å²) in [5, 5.41) is 4.04. The van der Waals surface area contributed by atoms with E-state index in [4.69, 9.17) is 4.42 Å². The van der Waals surface area contributed by atoms with Gasteiger partial charge in [0.15, 0.2) is 0 Å². The molecule has 0 aliphatic heterocycles. The molecule has 2 amide bonds. The number of hydrogen-bond acceptors (Lipinski definition) is 3. The van der Waals surface area contributed by atoms with E-state index >= 15 is 0 Å². The Balaban J connectivity index is 1.50. The van der Waals surface area contributed by atoms with E-state index in [1.807, 2.05) is 24.4 Å². The molecule has 2 aromatic heterocycles. The fourth-order valence-electron chi connectivity index (χ4n) is 2.77. The smallest absolute Gasteiger partial charge is 0.239 e. The van der Waals surface area contributed by atoms with Gasteiger partial charge in [-0.1, -0.05) is 18.2 Å². The lowest BCUT2D eigenvalue weighted by Gasteiger charge is -2.19. The molecule has 0 radical (unpaired) electrons. The van der Waals surface area contributed by atoms with Crippen LogP contribution >= 0.6 is 0 Å². The molecule has 0 fully saturated rings. The highest BCUT2D eigenvalue weighted by Gasteiger charge is 2.15. The Labute approximate surface area is 145 Å². The zero-order valence-corrected chi connectivity index (χ0v) is 14.1. The number of amides is 2. The molecular formula is C19H21N3O3. The van der Waals surface area contributed by atoms with Crippen molar-refractivity contribution in [2.75, 3.05) is 13.1 Å². The van der Waals surface area contributed by atoms with Crippen LogP contribution in [-0.2, 0) is 22.6 Å². The van der Waals surface area contributed by atoms with Crippen molar-refractivity contribution in [3.63, 3.8) is 0 Å². The van der Waals surface area contributed by atoms with Gasteiger partial charge < -0.3 is 19.6 Å². The van der Waals surface area contributed by atoms with Crippen LogP contribution in [0.1, 0.15) is 18.2 Å². The average molecular weight is 339 g/mol. The highest BCUT2D eigenvalue weighted by molar-refractivity contribution is 5.84. The number of benzene rings is 1. The van der Waals surface area contributed by atoms with Crippen molar-refractivity contribution in [2.24, 2.45) is 0 Å². The molecule has 130 valence electrons. The Morgan fingerprint density at radius 1 is 1.20 bits per heavy atom. The summed E-state index contributed by atoms with van der Waals surface area (Å²) in [6.45, 7) is 2.28. The first kappa shape index (κ1) is 16.8. The maximum Gasteiger partial charge on any atom is 0.239 e. The molecule has 2 N–H and O–H groups in total. The molecule has 3 aromatic rings. The first-order chi connectivity index (χ1) is 12.1. The van der Waals surface area contributed by atoms with Gasteiger partial charge in [-0.25, -0.2) is 0 Å².